The number of aromatic nitrogens is 2. The zero-order valence-corrected chi connectivity index (χ0v) is 12.8. The Bertz CT molecular complexity index is 625. The third-order valence-corrected chi connectivity index (χ3v) is 3.08. The van der Waals surface area contributed by atoms with E-state index in [-0.39, 0.29) is 11.2 Å². The summed E-state index contributed by atoms with van der Waals surface area (Å²) in [7, 11) is 0. The number of hydrogen-bond acceptors (Lipinski definition) is 3. The van der Waals surface area contributed by atoms with Crippen LogP contribution in [0.2, 0.25) is 0 Å². The molecule has 0 radical (unpaired) electrons. The number of amides is 1. The van der Waals surface area contributed by atoms with Gasteiger partial charge < -0.3 is 11.1 Å². The first-order valence-electron chi connectivity index (χ1n) is 7.00. The lowest BCUT2D eigenvalue weighted by atomic mass is 9.97. The number of nitrogens with zero attached hydrogens (tertiary/aromatic N) is 2. The second-order valence-corrected chi connectivity index (χ2v) is 6.28. The topological polar surface area (TPSA) is 72.9 Å². The molecule has 0 spiro atoms. The third kappa shape index (κ3) is 3.92. The van der Waals surface area contributed by atoms with Crippen LogP contribution < -0.4 is 11.1 Å². The zero-order valence-electron chi connectivity index (χ0n) is 12.8. The Hall–Kier alpha value is -2.14. The molecule has 21 heavy (non-hydrogen) atoms. The molecule has 0 saturated carbocycles. The van der Waals surface area contributed by atoms with Gasteiger partial charge in [0.25, 0.3) is 5.91 Å². The highest BCUT2D eigenvalue weighted by Crippen LogP contribution is 2.17. The highest BCUT2D eigenvalue weighted by molar-refractivity contribution is 5.89. The summed E-state index contributed by atoms with van der Waals surface area (Å²) < 4.78 is 1.73. The van der Waals surface area contributed by atoms with Crippen LogP contribution in [-0.2, 0) is 6.54 Å². The highest BCUT2D eigenvalue weighted by Gasteiger charge is 2.14. The summed E-state index contributed by atoms with van der Waals surface area (Å²) in [5.74, 6) is -0.282. The average molecular weight is 286 g/mol. The summed E-state index contributed by atoms with van der Waals surface area (Å²) in [6.07, 6.45) is 3.34. The van der Waals surface area contributed by atoms with Gasteiger partial charge in [0.05, 0.1) is 5.69 Å². The minimum Gasteiger partial charge on any atom is -0.363 e. The molecule has 1 heterocycles. The van der Waals surface area contributed by atoms with Gasteiger partial charge in [-0.25, -0.2) is 4.98 Å². The van der Waals surface area contributed by atoms with E-state index < -0.39 is 5.91 Å². The molecule has 5 nitrogen and oxygen atoms in total. The Morgan fingerprint density at radius 1 is 1.33 bits per heavy atom. The van der Waals surface area contributed by atoms with E-state index in [0.29, 0.717) is 0 Å². The molecular formula is C16H22N4O. The highest BCUT2D eigenvalue weighted by atomic mass is 16.1. The molecule has 2 rings (SSSR count). The van der Waals surface area contributed by atoms with Crippen LogP contribution >= 0.6 is 0 Å². The number of hydrogen-bond donors (Lipinski definition) is 2. The zero-order chi connectivity index (χ0) is 15.5. The summed E-state index contributed by atoms with van der Waals surface area (Å²) in [4.78, 5) is 15.5. The molecule has 0 unspecified atom stereocenters. The van der Waals surface area contributed by atoms with Gasteiger partial charge in [-0.15, -0.1) is 0 Å². The average Bonchev–Trinajstić information content (AvgIpc) is 2.87. The van der Waals surface area contributed by atoms with Crippen LogP contribution in [0.15, 0.2) is 36.7 Å². The minimum absolute atomic E-state index is 0.225. The van der Waals surface area contributed by atoms with E-state index in [1.165, 1.54) is 0 Å². The molecule has 0 saturated heterocycles. The van der Waals surface area contributed by atoms with Crippen LogP contribution in [0.1, 0.15) is 37.0 Å². The fourth-order valence-electron chi connectivity index (χ4n) is 2.15. The van der Waals surface area contributed by atoms with Gasteiger partial charge in [0.15, 0.2) is 0 Å². The molecule has 1 amide bonds. The van der Waals surface area contributed by atoms with Crippen molar-refractivity contribution in [2.75, 3.05) is 6.54 Å². The van der Waals surface area contributed by atoms with Crippen LogP contribution in [-0.4, -0.2) is 22.0 Å². The molecular weight excluding hydrogens is 264 g/mol. The Kier molecular flexibility index (Phi) is 4.43. The Balaban J connectivity index is 2.25. The van der Waals surface area contributed by atoms with Crippen LogP contribution in [0.25, 0.3) is 5.69 Å². The number of imidazole rings is 1. The van der Waals surface area contributed by atoms with Gasteiger partial charge in [0.1, 0.15) is 0 Å². The molecule has 3 N–H and O–H groups in total. The monoisotopic (exact) mass is 286 g/mol. The summed E-state index contributed by atoms with van der Waals surface area (Å²) >= 11 is 0. The van der Waals surface area contributed by atoms with Crippen molar-refractivity contribution in [2.45, 2.75) is 27.3 Å². The van der Waals surface area contributed by atoms with Crippen molar-refractivity contribution in [3.63, 3.8) is 0 Å². The fraction of sp³-hybridized carbons (Fsp3) is 0.375. The number of carbonyl (C=O) groups is 1. The molecule has 2 aromatic rings. The third-order valence-electron chi connectivity index (χ3n) is 3.08. The van der Waals surface area contributed by atoms with Gasteiger partial charge in [-0.1, -0.05) is 39.0 Å². The predicted molar refractivity (Wildman–Crippen MR) is 83.2 cm³/mol. The minimum atomic E-state index is -0.530. The number of primary amides is 1. The Morgan fingerprint density at radius 3 is 2.71 bits per heavy atom. The number of benzene rings is 1. The van der Waals surface area contributed by atoms with Crippen LogP contribution in [0.3, 0.4) is 0 Å². The summed E-state index contributed by atoms with van der Waals surface area (Å²) in [6, 6.07) is 7.92. The molecule has 1 aromatic heterocycles. The molecule has 0 aliphatic carbocycles. The van der Waals surface area contributed by atoms with Crippen molar-refractivity contribution in [1.82, 2.24) is 14.9 Å². The number of rotatable bonds is 5. The standard InChI is InChI=1S/C16H22N4O/c1-16(2,3)11-18-10-12-6-4-5-7-13(12)20-9-8-19-15(20)14(17)21/h4-9,18H,10-11H2,1-3H3,(H2,17,21). The molecule has 0 fully saturated rings. The smallest absolute Gasteiger partial charge is 0.285 e. The normalized spacial score (nSPS) is 11.6. The first-order chi connectivity index (χ1) is 9.88. The van der Waals surface area contributed by atoms with Crippen LogP contribution in [0.5, 0.6) is 0 Å². The van der Waals surface area contributed by atoms with Gasteiger partial charge in [0, 0.05) is 25.5 Å². The molecule has 0 bridgehead atoms. The van der Waals surface area contributed by atoms with Crippen molar-refractivity contribution < 1.29 is 4.79 Å². The maximum atomic E-state index is 11.4. The molecule has 112 valence electrons. The van der Waals surface area contributed by atoms with E-state index in [4.69, 9.17) is 5.73 Å². The lowest BCUT2D eigenvalue weighted by molar-refractivity contribution is 0.0989. The van der Waals surface area contributed by atoms with E-state index in [1.807, 2.05) is 24.3 Å². The van der Waals surface area contributed by atoms with E-state index >= 15 is 0 Å². The quantitative estimate of drug-likeness (QED) is 0.884. The lowest BCUT2D eigenvalue weighted by Crippen LogP contribution is -2.27. The number of carbonyl (C=O) groups excluding carboxylic acids is 1. The van der Waals surface area contributed by atoms with Crippen molar-refractivity contribution in [3.05, 3.63) is 48.0 Å². The van der Waals surface area contributed by atoms with Gasteiger partial charge in [0.2, 0.25) is 5.82 Å². The molecule has 1 aromatic carbocycles. The van der Waals surface area contributed by atoms with Crippen molar-refractivity contribution in [1.29, 1.82) is 0 Å². The summed E-state index contributed by atoms with van der Waals surface area (Å²) in [5, 5.41) is 3.44. The van der Waals surface area contributed by atoms with Gasteiger partial charge in [-0.2, -0.15) is 0 Å². The first kappa shape index (κ1) is 15.3. The first-order valence-corrected chi connectivity index (χ1v) is 7.00. The maximum absolute atomic E-state index is 11.4. The second kappa shape index (κ2) is 6.10. The van der Waals surface area contributed by atoms with E-state index in [0.717, 1.165) is 24.3 Å². The van der Waals surface area contributed by atoms with Crippen LogP contribution in [0.4, 0.5) is 0 Å². The van der Waals surface area contributed by atoms with Crippen LogP contribution in [0, 0.1) is 5.41 Å². The SMILES string of the molecule is CC(C)(C)CNCc1ccccc1-n1ccnc1C(N)=O. The molecule has 0 aliphatic rings. The van der Waals surface area contributed by atoms with Gasteiger partial charge in [-0.3, -0.25) is 9.36 Å². The Morgan fingerprint density at radius 2 is 2.05 bits per heavy atom. The van der Waals surface area contributed by atoms with Gasteiger partial charge in [-0.05, 0) is 17.0 Å². The van der Waals surface area contributed by atoms with E-state index in [9.17, 15) is 4.79 Å². The molecule has 0 aliphatic heterocycles. The van der Waals surface area contributed by atoms with Crippen molar-refractivity contribution in [3.8, 4) is 5.69 Å². The summed E-state index contributed by atoms with van der Waals surface area (Å²) in [6.45, 7) is 8.20. The number of nitrogens with two attached hydrogens (primary N) is 1. The maximum Gasteiger partial charge on any atom is 0.285 e. The fourth-order valence-corrected chi connectivity index (χ4v) is 2.15. The largest absolute Gasteiger partial charge is 0.363 e. The number of nitrogens with one attached hydrogen (secondary N) is 1. The van der Waals surface area contributed by atoms with Crippen molar-refractivity contribution >= 4 is 5.91 Å². The van der Waals surface area contributed by atoms with Crippen molar-refractivity contribution in [2.24, 2.45) is 11.1 Å². The van der Waals surface area contributed by atoms with E-state index in [2.05, 4.69) is 31.1 Å². The second-order valence-electron chi connectivity index (χ2n) is 6.28. The lowest BCUT2D eigenvalue weighted by Gasteiger charge is -2.20. The molecule has 0 atom stereocenters. The van der Waals surface area contributed by atoms with Gasteiger partial charge >= 0.3 is 0 Å². The Labute approximate surface area is 125 Å². The summed E-state index contributed by atoms with van der Waals surface area (Å²) in [5.41, 5.74) is 7.61. The molecule has 5 heteroatoms. The number of para-hydroxylation sites is 1. The predicted octanol–water partition coefficient (Wildman–Crippen LogP) is 2.11. The van der Waals surface area contributed by atoms with E-state index in [1.54, 1.807) is 17.0 Å².